The lowest BCUT2D eigenvalue weighted by atomic mass is 9.92. The molecular formula is C9H10N2S. The zero-order valence-corrected chi connectivity index (χ0v) is 7.47. The average molecular weight is 178 g/mol. The largest absolute Gasteiger partial charge is 0.315 e. The number of nitrogens with zero attached hydrogens (tertiary/aromatic N) is 1. The van der Waals surface area contributed by atoms with Crippen molar-refractivity contribution in [3.63, 3.8) is 0 Å². The first kappa shape index (κ1) is 7.78. The van der Waals surface area contributed by atoms with Crippen LogP contribution in [-0.2, 0) is 0 Å². The molecule has 0 saturated carbocycles. The fraction of sp³-hybridized carbons (Fsp3) is 0.444. The summed E-state index contributed by atoms with van der Waals surface area (Å²) < 4.78 is 0. The summed E-state index contributed by atoms with van der Waals surface area (Å²) in [5, 5.41) is 16.3. The van der Waals surface area contributed by atoms with E-state index in [0.717, 1.165) is 13.1 Å². The Morgan fingerprint density at radius 1 is 1.58 bits per heavy atom. The fourth-order valence-electron chi connectivity index (χ4n) is 1.65. The van der Waals surface area contributed by atoms with Crippen molar-refractivity contribution >= 4 is 11.3 Å². The van der Waals surface area contributed by atoms with Gasteiger partial charge < -0.3 is 5.32 Å². The topological polar surface area (TPSA) is 35.8 Å². The van der Waals surface area contributed by atoms with E-state index in [4.69, 9.17) is 5.26 Å². The van der Waals surface area contributed by atoms with Crippen LogP contribution in [0.2, 0.25) is 0 Å². The zero-order chi connectivity index (χ0) is 8.39. The van der Waals surface area contributed by atoms with Gasteiger partial charge in [0.25, 0.3) is 0 Å². The highest BCUT2D eigenvalue weighted by Gasteiger charge is 2.28. The SMILES string of the molecule is N#C[C@H]1CNC[C@H]1c1ccsc1. The molecule has 0 radical (unpaired) electrons. The summed E-state index contributed by atoms with van der Waals surface area (Å²) >= 11 is 1.70. The summed E-state index contributed by atoms with van der Waals surface area (Å²) in [6, 6.07) is 4.46. The van der Waals surface area contributed by atoms with Crippen molar-refractivity contribution in [2.24, 2.45) is 5.92 Å². The van der Waals surface area contributed by atoms with Gasteiger partial charge in [-0.15, -0.1) is 0 Å². The lowest BCUT2D eigenvalue weighted by Crippen LogP contribution is -2.07. The molecule has 3 heteroatoms. The van der Waals surface area contributed by atoms with Crippen LogP contribution in [0.4, 0.5) is 0 Å². The molecule has 0 spiro atoms. The highest BCUT2D eigenvalue weighted by molar-refractivity contribution is 7.07. The Bertz CT molecular complexity index is 286. The van der Waals surface area contributed by atoms with Gasteiger partial charge in [0, 0.05) is 19.0 Å². The molecule has 0 unspecified atom stereocenters. The lowest BCUT2D eigenvalue weighted by molar-refractivity contribution is 0.648. The van der Waals surface area contributed by atoms with E-state index in [1.165, 1.54) is 5.56 Å². The van der Waals surface area contributed by atoms with Gasteiger partial charge in [0.2, 0.25) is 0 Å². The fourth-order valence-corrected chi connectivity index (χ4v) is 2.38. The van der Waals surface area contributed by atoms with E-state index < -0.39 is 0 Å². The van der Waals surface area contributed by atoms with Crippen LogP contribution in [0, 0.1) is 17.2 Å². The monoisotopic (exact) mass is 178 g/mol. The van der Waals surface area contributed by atoms with Gasteiger partial charge in [-0.1, -0.05) is 0 Å². The van der Waals surface area contributed by atoms with Crippen LogP contribution in [0.3, 0.4) is 0 Å². The normalized spacial score (nSPS) is 28.6. The Morgan fingerprint density at radius 3 is 3.17 bits per heavy atom. The van der Waals surface area contributed by atoms with Crippen LogP contribution >= 0.6 is 11.3 Å². The van der Waals surface area contributed by atoms with E-state index in [1.807, 2.05) is 0 Å². The molecule has 1 saturated heterocycles. The summed E-state index contributed by atoms with van der Waals surface area (Å²) in [5.41, 5.74) is 1.32. The maximum Gasteiger partial charge on any atom is 0.0676 e. The molecule has 0 aromatic carbocycles. The minimum absolute atomic E-state index is 0.166. The number of nitriles is 1. The standard InChI is InChI=1S/C9H10N2S/c10-3-8-4-11-5-9(8)7-1-2-12-6-7/h1-2,6,8-9,11H,4-5H2/t8-,9-/m0/s1. The minimum atomic E-state index is 0.166. The van der Waals surface area contributed by atoms with E-state index in [1.54, 1.807) is 11.3 Å². The second-order valence-electron chi connectivity index (χ2n) is 3.06. The van der Waals surface area contributed by atoms with Crippen molar-refractivity contribution in [1.29, 1.82) is 5.26 Å². The highest BCUT2D eigenvalue weighted by atomic mass is 32.1. The predicted molar refractivity (Wildman–Crippen MR) is 49.0 cm³/mol. The van der Waals surface area contributed by atoms with Crippen molar-refractivity contribution in [2.75, 3.05) is 13.1 Å². The van der Waals surface area contributed by atoms with Gasteiger partial charge >= 0.3 is 0 Å². The van der Waals surface area contributed by atoms with Gasteiger partial charge in [-0.3, -0.25) is 0 Å². The summed E-state index contributed by atoms with van der Waals surface area (Å²) in [5.74, 6) is 0.584. The van der Waals surface area contributed by atoms with Crippen LogP contribution in [0.1, 0.15) is 11.5 Å². The molecule has 1 aliphatic rings. The van der Waals surface area contributed by atoms with Gasteiger partial charge in [-0.25, -0.2) is 0 Å². The molecule has 0 aliphatic carbocycles. The third-order valence-corrected chi connectivity index (χ3v) is 3.05. The van der Waals surface area contributed by atoms with Crippen LogP contribution in [-0.4, -0.2) is 13.1 Å². The molecule has 1 aromatic rings. The number of hydrogen-bond donors (Lipinski definition) is 1. The Hall–Kier alpha value is -0.850. The van der Waals surface area contributed by atoms with Gasteiger partial charge in [0.1, 0.15) is 0 Å². The molecule has 12 heavy (non-hydrogen) atoms. The molecule has 2 nitrogen and oxygen atoms in total. The molecule has 1 aliphatic heterocycles. The summed E-state index contributed by atoms with van der Waals surface area (Å²) in [7, 11) is 0. The number of nitrogens with one attached hydrogen (secondary N) is 1. The number of thiophene rings is 1. The van der Waals surface area contributed by atoms with Crippen LogP contribution in [0.5, 0.6) is 0 Å². The molecule has 62 valence electrons. The minimum Gasteiger partial charge on any atom is -0.315 e. The zero-order valence-electron chi connectivity index (χ0n) is 6.66. The predicted octanol–water partition coefficient (Wildman–Crippen LogP) is 1.57. The molecule has 2 rings (SSSR count). The van der Waals surface area contributed by atoms with E-state index >= 15 is 0 Å². The van der Waals surface area contributed by atoms with Crippen molar-refractivity contribution in [1.82, 2.24) is 5.32 Å². The van der Waals surface area contributed by atoms with E-state index in [0.29, 0.717) is 5.92 Å². The summed E-state index contributed by atoms with van der Waals surface area (Å²) in [6.45, 7) is 1.80. The Labute approximate surface area is 75.8 Å². The van der Waals surface area contributed by atoms with E-state index in [9.17, 15) is 0 Å². The lowest BCUT2D eigenvalue weighted by Gasteiger charge is -2.08. The molecule has 1 N–H and O–H groups in total. The van der Waals surface area contributed by atoms with Crippen LogP contribution < -0.4 is 5.32 Å². The number of rotatable bonds is 1. The Morgan fingerprint density at radius 2 is 2.50 bits per heavy atom. The Balaban J connectivity index is 2.20. The third-order valence-electron chi connectivity index (χ3n) is 2.35. The van der Waals surface area contributed by atoms with Gasteiger partial charge in [0.15, 0.2) is 0 Å². The van der Waals surface area contributed by atoms with Crippen molar-refractivity contribution in [2.45, 2.75) is 5.92 Å². The second kappa shape index (κ2) is 3.26. The molecule has 0 amide bonds. The first-order valence-corrected chi connectivity index (χ1v) is 4.98. The van der Waals surface area contributed by atoms with E-state index in [2.05, 4.69) is 28.2 Å². The molecular weight excluding hydrogens is 168 g/mol. The first-order valence-electron chi connectivity index (χ1n) is 4.04. The average Bonchev–Trinajstić information content (AvgIpc) is 2.74. The smallest absolute Gasteiger partial charge is 0.0676 e. The van der Waals surface area contributed by atoms with Gasteiger partial charge in [0.05, 0.1) is 12.0 Å². The Kier molecular flexibility index (Phi) is 2.11. The van der Waals surface area contributed by atoms with Crippen LogP contribution in [0.25, 0.3) is 0 Å². The molecule has 2 heterocycles. The van der Waals surface area contributed by atoms with Crippen LogP contribution in [0.15, 0.2) is 16.8 Å². The number of hydrogen-bond acceptors (Lipinski definition) is 3. The summed E-state index contributed by atoms with van der Waals surface area (Å²) in [4.78, 5) is 0. The highest BCUT2D eigenvalue weighted by Crippen LogP contribution is 2.28. The molecule has 2 atom stereocenters. The quantitative estimate of drug-likeness (QED) is 0.708. The maximum atomic E-state index is 8.85. The molecule has 1 aromatic heterocycles. The van der Waals surface area contributed by atoms with Gasteiger partial charge in [-0.05, 0) is 22.4 Å². The molecule has 1 fully saturated rings. The van der Waals surface area contributed by atoms with Crippen molar-refractivity contribution in [3.8, 4) is 6.07 Å². The van der Waals surface area contributed by atoms with E-state index in [-0.39, 0.29) is 5.92 Å². The first-order chi connectivity index (χ1) is 5.92. The van der Waals surface area contributed by atoms with Gasteiger partial charge in [-0.2, -0.15) is 16.6 Å². The second-order valence-corrected chi connectivity index (χ2v) is 3.84. The molecule has 0 bridgehead atoms. The third kappa shape index (κ3) is 1.24. The summed E-state index contributed by atoms with van der Waals surface area (Å²) in [6.07, 6.45) is 0. The maximum absolute atomic E-state index is 8.85. The van der Waals surface area contributed by atoms with Crippen molar-refractivity contribution in [3.05, 3.63) is 22.4 Å². The van der Waals surface area contributed by atoms with Crippen molar-refractivity contribution < 1.29 is 0 Å².